The zero-order chi connectivity index (χ0) is 28.4. The Kier molecular flexibility index (Phi) is 11.7. The summed E-state index contributed by atoms with van der Waals surface area (Å²) < 4.78 is 16.2. The molecule has 202 valence electrons. The zero-order valence-electron chi connectivity index (χ0n) is 20.9. The third kappa shape index (κ3) is 7.77. The van der Waals surface area contributed by atoms with E-state index in [1.54, 1.807) is 38.5 Å². The fourth-order valence-electron chi connectivity index (χ4n) is 2.98. The van der Waals surface area contributed by atoms with E-state index in [1.807, 2.05) is 0 Å². The number of ether oxygens (including phenoxy) is 3. The Morgan fingerprint density at radius 3 is 2.13 bits per heavy atom. The number of carbonyl (C=O) groups excluding carboxylic acids is 3. The standard InChI is InChI=1S/C13H13Cl2NO4.C12H11ClN2O3/c1-3-19-7-9(13(18)20-4-2)11(17)8-5-6-10(14)16-12(8)15;1-3-18-12(17)8-6-15(2)11-7(10(8)16)4-5-9(13)14-11/h5-7H,3-4H2,1-2H3;4-6H,3H2,1-2H3/b9-7-;. The second kappa shape index (κ2) is 14.5. The molecule has 0 aliphatic rings. The van der Waals surface area contributed by atoms with Gasteiger partial charge < -0.3 is 18.8 Å². The van der Waals surface area contributed by atoms with E-state index in [-0.39, 0.29) is 40.2 Å². The Morgan fingerprint density at radius 1 is 0.895 bits per heavy atom. The molecule has 0 spiro atoms. The van der Waals surface area contributed by atoms with Crippen LogP contribution < -0.4 is 5.43 Å². The summed E-state index contributed by atoms with van der Waals surface area (Å²) in [4.78, 5) is 55.6. The molecule has 10 nitrogen and oxygen atoms in total. The molecule has 0 aromatic carbocycles. The summed E-state index contributed by atoms with van der Waals surface area (Å²) in [6.45, 7) is 5.71. The fraction of sp³-hybridized carbons (Fsp3) is 0.280. The fourth-order valence-corrected chi connectivity index (χ4v) is 3.55. The SMILES string of the molecule is CCO/C=C(\C(=O)OCC)C(=O)c1ccc(Cl)nc1Cl.CCOC(=O)c1cn(C)c2nc(Cl)ccc2c1=O. The first-order valence-electron chi connectivity index (χ1n) is 11.2. The number of carbonyl (C=O) groups is 3. The number of nitrogens with zero attached hydrogens (tertiary/aromatic N) is 3. The molecule has 0 saturated heterocycles. The highest BCUT2D eigenvalue weighted by molar-refractivity contribution is 6.37. The maximum atomic E-state index is 12.3. The molecule has 13 heteroatoms. The van der Waals surface area contributed by atoms with Gasteiger partial charge in [0.15, 0.2) is 0 Å². The molecule has 0 aliphatic heterocycles. The van der Waals surface area contributed by atoms with E-state index in [2.05, 4.69) is 9.97 Å². The lowest BCUT2D eigenvalue weighted by Gasteiger charge is -2.07. The molecular formula is C25H24Cl3N3O7. The van der Waals surface area contributed by atoms with Crippen LogP contribution in [0.2, 0.25) is 15.5 Å². The minimum atomic E-state index is -0.781. The van der Waals surface area contributed by atoms with E-state index in [0.717, 1.165) is 6.26 Å². The number of hydrogen-bond acceptors (Lipinski definition) is 9. The van der Waals surface area contributed by atoms with Gasteiger partial charge in [-0.05, 0) is 45.0 Å². The second-order valence-electron chi connectivity index (χ2n) is 7.22. The molecule has 0 aliphatic carbocycles. The van der Waals surface area contributed by atoms with Crippen molar-refractivity contribution in [2.24, 2.45) is 7.05 Å². The maximum Gasteiger partial charge on any atom is 0.345 e. The van der Waals surface area contributed by atoms with Crippen molar-refractivity contribution in [3.8, 4) is 0 Å². The first-order valence-corrected chi connectivity index (χ1v) is 12.4. The first kappa shape index (κ1) is 30.8. The number of pyridine rings is 3. The molecule has 0 saturated carbocycles. The molecule has 0 fully saturated rings. The number of esters is 2. The van der Waals surface area contributed by atoms with Crippen molar-refractivity contribution in [3.63, 3.8) is 0 Å². The average Bonchev–Trinajstić information content (AvgIpc) is 2.87. The Morgan fingerprint density at radius 2 is 1.53 bits per heavy atom. The third-order valence-electron chi connectivity index (χ3n) is 4.65. The van der Waals surface area contributed by atoms with E-state index in [1.165, 1.54) is 24.4 Å². The topological polar surface area (TPSA) is 127 Å². The average molecular weight is 585 g/mol. The van der Waals surface area contributed by atoms with Crippen molar-refractivity contribution in [1.29, 1.82) is 0 Å². The zero-order valence-corrected chi connectivity index (χ0v) is 23.2. The van der Waals surface area contributed by atoms with E-state index in [0.29, 0.717) is 22.8 Å². The number of ketones is 1. The van der Waals surface area contributed by atoms with Crippen LogP contribution in [0.5, 0.6) is 0 Å². The number of rotatable bonds is 8. The van der Waals surface area contributed by atoms with Gasteiger partial charge in [0.05, 0.1) is 30.8 Å². The van der Waals surface area contributed by atoms with Crippen LogP contribution in [0.25, 0.3) is 11.0 Å². The summed E-state index contributed by atoms with van der Waals surface area (Å²) in [7, 11) is 1.69. The number of hydrogen-bond donors (Lipinski definition) is 0. The number of fused-ring (bicyclic) bond motifs is 1. The third-order valence-corrected chi connectivity index (χ3v) is 5.36. The molecular weight excluding hydrogens is 561 g/mol. The number of aromatic nitrogens is 3. The van der Waals surface area contributed by atoms with Crippen LogP contribution in [0.4, 0.5) is 0 Å². The van der Waals surface area contributed by atoms with Crippen LogP contribution in [0.15, 0.2) is 47.1 Å². The van der Waals surface area contributed by atoms with Crippen molar-refractivity contribution >= 4 is 63.6 Å². The summed E-state index contributed by atoms with van der Waals surface area (Å²) in [6.07, 6.45) is 2.47. The molecule has 0 atom stereocenters. The van der Waals surface area contributed by atoms with Crippen LogP contribution in [-0.4, -0.2) is 52.1 Å². The molecule has 0 radical (unpaired) electrons. The molecule has 0 unspecified atom stereocenters. The van der Waals surface area contributed by atoms with Crippen LogP contribution in [0, 0.1) is 0 Å². The van der Waals surface area contributed by atoms with Gasteiger partial charge in [0.25, 0.3) is 0 Å². The maximum absolute atomic E-state index is 12.3. The van der Waals surface area contributed by atoms with E-state index < -0.39 is 23.2 Å². The first-order chi connectivity index (χ1) is 18.0. The quantitative estimate of drug-likeness (QED) is 0.0696. The summed E-state index contributed by atoms with van der Waals surface area (Å²) in [5.74, 6) is -2.04. The van der Waals surface area contributed by atoms with Gasteiger partial charge in [0.2, 0.25) is 11.2 Å². The van der Waals surface area contributed by atoms with E-state index in [4.69, 9.17) is 49.0 Å². The summed E-state index contributed by atoms with van der Waals surface area (Å²) in [5.41, 5.74) is -0.169. The van der Waals surface area contributed by atoms with Crippen molar-refractivity contribution < 1.29 is 28.6 Å². The smallest absolute Gasteiger partial charge is 0.345 e. The van der Waals surface area contributed by atoms with Gasteiger partial charge in [-0.1, -0.05) is 34.8 Å². The lowest BCUT2D eigenvalue weighted by Crippen LogP contribution is -2.20. The summed E-state index contributed by atoms with van der Waals surface area (Å²) >= 11 is 17.3. The predicted molar refractivity (Wildman–Crippen MR) is 143 cm³/mol. The number of halogens is 3. The van der Waals surface area contributed by atoms with Gasteiger partial charge in [0.1, 0.15) is 38.5 Å². The molecule has 0 amide bonds. The highest BCUT2D eigenvalue weighted by atomic mass is 35.5. The van der Waals surface area contributed by atoms with Gasteiger partial charge in [-0.15, -0.1) is 0 Å². The molecule has 3 heterocycles. The van der Waals surface area contributed by atoms with Crippen LogP contribution >= 0.6 is 34.8 Å². The van der Waals surface area contributed by atoms with Gasteiger partial charge in [-0.2, -0.15) is 0 Å². The van der Waals surface area contributed by atoms with Crippen LogP contribution in [-0.2, 0) is 26.1 Å². The number of Topliss-reactive ketones (excluding diaryl/α,β-unsaturated/α-hetero) is 1. The lowest BCUT2D eigenvalue weighted by molar-refractivity contribution is -0.138. The summed E-state index contributed by atoms with van der Waals surface area (Å²) in [6, 6.07) is 5.86. The van der Waals surface area contributed by atoms with Crippen molar-refractivity contribution in [1.82, 2.24) is 14.5 Å². The van der Waals surface area contributed by atoms with Crippen LogP contribution in [0.3, 0.4) is 0 Å². The molecule has 3 aromatic heterocycles. The lowest BCUT2D eigenvalue weighted by atomic mass is 10.1. The highest BCUT2D eigenvalue weighted by Gasteiger charge is 2.24. The van der Waals surface area contributed by atoms with E-state index in [9.17, 15) is 19.2 Å². The Hall–Kier alpha value is -3.47. The Balaban J connectivity index is 0.000000268. The van der Waals surface area contributed by atoms with Crippen molar-refractivity contribution in [3.05, 3.63) is 79.1 Å². The van der Waals surface area contributed by atoms with Crippen molar-refractivity contribution in [2.75, 3.05) is 19.8 Å². The molecule has 38 heavy (non-hydrogen) atoms. The van der Waals surface area contributed by atoms with E-state index >= 15 is 0 Å². The van der Waals surface area contributed by atoms with Gasteiger partial charge in [-0.3, -0.25) is 9.59 Å². The van der Waals surface area contributed by atoms with Crippen LogP contribution in [0.1, 0.15) is 41.5 Å². The molecule has 3 rings (SSSR count). The van der Waals surface area contributed by atoms with Gasteiger partial charge in [0, 0.05) is 13.2 Å². The number of aryl methyl sites for hydroxylation is 1. The second-order valence-corrected chi connectivity index (χ2v) is 8.35. The monoisotopic (exact) mass is 583 g/mol. The predicted octanol–water partition coefficient (Wildman–Crippen LogP) is 4.82. The largest absolute Gasteiger partial charge is 0.500 e. The summed E-state index contributed by atoms with van der Waals surface area (Å²) in [5, 5.41) is 0.695. The molecule has 0 N–H and O–H groups in total. The minimum Gasteiger partial charge on any atom is -0.500 e. The van der Waals surface area contributed by atoms with Gasteiger partial charge in [-0.25, -0.2) is 19.6 Å². The van der Waals surface area contributed by atoms with Gasteiger partial charge >= 0.3 is 11.9 Å². The Bertz CT molecular complexity index is 1440. The highest BCUT2D eigenvalue weighted by Crippen LogP contribution is 2.20. The van der Waals surface area contributed by atoms with Crippen molar-refractivity contribution in [2.45, 2.75) is 20.8 Å². The normalized spacial score (nSPS) is 10.9. The Labute approximate surface area is 233 Å². The minimum absolute atomic E-state index is 0.00373. The molecule has 0 bridgehead atoms. The molecule has 3 aromatic rings.